The Labute approximate surface area is 149 Å². The third-order valence-electron chi connectivity index (χ3n) is 4.89. The van der Waals surface area contributed by atoms with E-state index in [0.717, 1.165) is 38.0 Å². The van der Waals surface area contributed by atoms with Gasteiger partial charge in [-0.25, -0.2) is 0 Å². The van der Waals surface area contributed by atoms with Gasteiger partial charge < -0.3 is 10.1 Å². The van der Waals surface area contributed by atoms with Gasteiger partial charge in [-0.15, -0.1) is 11.8 Å². The molecule has 0 radical (unpaired) electrons. The molecule has 1 aliphatic heterocycles. The number of hydrogen-bond donors (Lipinski definition) is 1. The lowest BCUT2D eigenvalue weighted by molar-refractivity contribution is -0.121. The van der Waals surface area contributed by atoms with E-state index in [1.54, 1.807) is 11.8 Å². The summed E-state index contributed by atoms with van der Waals surface area (Å²) in [5.41, 5.74) is 2.47. The van der Waals surface area contributed by atoms with Crippen molar-refractivity contribution < 1.29 is 9.53 Å². The third-order valence-corrected chi connectivity index (χ3v) is 6.26. The Morgan fingerprint density at radius 3 is 2.33 bits per heavy atom. The molecule has 1 aromatic rings. The molecule has 1 aromatic carbocycles. The van der Waals surface area contributed by atoms with E-state index >= 15 is 0 Å². The molecule has 1 N–H and O–H groups in total. The summed E-state index contributed by atoms with van der Waals surface area (Å²) in [7, 11) is 0. The van der Waals surface area contributed by atoms with Crippen LogP contribution in [0.15, 0.2) is 24.3 Å². The molecule has 4 nitrogen and oxygen atoms in total. The van der Waals surface area contributed by atoms with E-state index in [9.17, 15) is 4.79 Å². The highest BCUT2D eigenvalue weighted by Gasteiger charge is 2.49. The summed E-state index contributed by atoms with van der Waals surface area (Å²) >= 11 is 1.68. The van der Waals surface area contributed by atoms with E-state index in [0.29, 0.717) is 18.8 Å². The lowest BCUT2D eigenvalue weighted by Gasteiger charge is -2.35. The average Bonchev–Trinajstić information content (AvgIpc) is 3.34. The molecule has 0 bridgehead atoms. The predicted molar refractivity (Wildman–Crippen MR) is 99.1 cm³/mol. The zero-order chi connectivity index (χ0) is 17.2. The SMILES string of the molecule is CSC1(C(=O)NCc2ccc(CN3CC(C)OC(C)C3)cc2)CC1. The van der Waals surface area contributed by atoms with Gasteiger partial charge in [0.25, 0.3) is 0 Å². The number of ether oxygens (including phenoxy) is 1. The maximum atomic E-state index is 12.2. The highest BCUT2D eigenvalue weighted by Crippen LogP contribution is 2.47. The van der Waals surface area contributed by atoms with Crippen LogP contribution < -0.4 is 5.32 Å². The van der Waals surface area contributed by atoms with Crippen molar-refractivity contribution in [2.75, 3.05) is 19.3 Å². The van der Waals surface area contributed by atoms with Crippen molar-refractivity contribution in [3.8, 4) is 0 Å². The van der Waals surface area contributed by atoms with E-state index in [1.807, 2.05) is 6.26 Å². The summed E-state index contributed by atoms with van der Waals surface area (Å²) in [6.45, 7) is 7.82. The second kappa shape index (κ2) is 7.46. The predicted octanol–water partition coefficient (Wildman–Crippen LogP) is 2.81. The van der Waals surface area contributed by atoms with Gasteiger partial charge in [-0.2, -0.15) is 0 Å². The van der Waals surface area contributed by atoms with Gasteiger partial charge in [0.2, 0.25) is 5.91 Å². The van der Waals surface area contributed by atoms with Gasteiger partial charge >= 0.3 is 0 Å². The monoisotopic (exact) mass is 348 g/mol. The van der Waals surface area contributed by atoms with Crippen molar-refractivity contribution in [2.45, 2.75) is 56.7 Å². The van der Waals surface area contributed by atoms with Crippen molar-refractivity contribution in [2.24, 2.45) is 0 Å². The van der Waals surface area contributed by atoms with Crippen LogP contribution in [0.4, 0.5) is 0 Å². The van der Waals surface area contributed by atoms with E-state index in [4.69, 9.17) is 4.74 Å². The van der Waals surface area contributed by atoms with Crippen LogP contribution in [0.3, 0.4) is 0 Å². The lowest BCUT2D eigenvalue weighted by atomic mass is 10.1. The summed E-state index contributed by atoms with van der Waals surface area (Å²) in [6.07, 6.45) is 4.64. The molecule has 1 amide bonds. The minimum atomic E-state index is -0.135. The number of morpholine rings is 1. The fraction of sp³-hybridized carbons (Fsp3) is 0.632. The van der Waals surface area contributed by atoms with E-state index in [1.165, 1.54) is 5.56 Å². The molecule has 0 spiro atoms. The largest absolute Gasteiger partial charge is 0.373 e. The number of rotatable bonds is 6. The lowest BCUT2D eigenvalue weighted by Crippen LogP contribution is -2.44. The van der Waals surface area contributed by atoms with Crippen molar-refractivity contribution in [3.05, 3.63) is 35.4 Å². The smallest absolute Gasteiger partial charge is 0.236 e. The first-order chi connectivity index (χ1) is 11.5. The Kier molecular flexibility index (Phi) is 5.52. The topological polar surface area (TPSA) is 41.6 Å². The maximum Gasteiger partial charge on any atom is 0.236 e. The van der Waals surface area contributed by atoms with Crippen LogP contribution in [-0.2, 0) is 22.6 Å². The first-order valence-electron chi connectivity index (χ1n) is 8.80. The molecule has 2 fully saturated rings. The highest BCUT2D eigenvalue weighted by molar-refractivity contribution is 8.01. The van der Waals surface area contributed by atoms with Crippen LogP contribution in [0.2, 0.25) is 0 Å². The van der Waals surface area contributed by atoms with Gasteiger partial charge in [0.05, 0.1) is 17.0 Å². The van der Waals surface area contributed by atoms with E-state index in [-0.39, 0.29) is 10.7 Å². The Morgan fingerprint density at radius 1 is 1.21 bits per heavy atom. The molecule has 2 unspecified atom stereocenters. The van der Waals surface area contributed by atoms with Crippen LogP contribution >= 0.6 is 11.8 Å². The van der Waals surface area contributed by atoms with Gasteiger partial charge in [-0.3, -0.25) is 9.69 Å². The van der Waals surface area contributed by atoms with Crippen LogP contribution in [0.25, 0.3) is 0 Å². The normalized spacial score (nSPS) is 26.1. The molecule has 5 heteroatoms. The molecule has 1 heterocycles. The minimum absolute atomic E-state index is 0.135. The summed E-state index contributed by atoms with van der Waals surface area (Å²) in [5, 5.41) is 3.08. The summed E-state index contributed by atoms with van der Waals surface area (Å²) < 4.78 is 5.65. The Hall–Kier alpha value is -1.04. The zero-order valence-electron chi connectivity index (χ0n) is 14.9. The summed E-state index contributed by atoms with van der Waals surface area (Å²) in [6, 6.07) is 8.60. The second-order valence-corrected chi connectivity index (χ2v) is 8.34. The summed E-state index contributed by atoms with van der Waals surface area (Å²) in [5.74, 6) is 0.190. The molecule has 24 heavy (non-hydrogen) atoms. The maximum absolute atomic E-state index is 12.2. The van der Waals surface area contributed by atoms with Gasteiger partial charge in [0.1, 0.15) is 0 Å². The molecular weight excluding hydrogens is 320 g/mol. The molecule has 1 aliphatic carbocycles. The second-order valence-electron chi connectivity index (χ2n) is 7.15. The number of amides is 1. The molecule has 0 aromatic heterocycles. The molecule has 1 saturated carbocycles. The summed E-state index contributed by atoms with van der Waals surface area (Å²) in [4.78, 5) is 14.6. The quantitative estimate of drug-likeness (QED) is 0.858. The minimum Gasteiger partial charge on any atom is -0.373 e. The molecule has 2 atom stereocenters. The fourth-order valence-electron chi connectivity index (χ4n) is 3.42. The Balaban J connectivity index is 1.49. The van der Waals surface area contributed by atoms with Gasteiger partial charge in [-0.05, 0) is 44.1 Å². The van der Waals surface area contributed by atoms with Crippen LogP contribution in [0.5, 0.6) is 0 Å². The number of thioether (sulfide) groups is 1. The average molecular weight is 349 g/mol. The number of benzene rings is 1. The van der Waals surface area contributed by atoms with E-state index in [2.05, 4.69) is 48.3 Å². The molecular formula is C19H28N2O2S. The molecule has 3 rings (SSSR count). The molecule has 132 valence electrons. The van der Waals surface area contributed by atoms with Crippen molar-refractivity contribution in [1.82, 2.24) is 10.2 Å². The third kappa shape index (κ3) is 4.32. The number of nitrogens with one attached hydrogen (secondary N) is 1. The fourth-order valence-corrected chi connectivity index (χ4v) is 4.18. The van der Waals surface area contributed by atoms with Gasteiger partial charge in [-0.1, -0.05) is 24.3 Å². The first-order valence-corrected chi connectivity index (χ1v) is 10.0. The number of hydrogen-bond acceptors (Lipinski definition) is 4. The number of carbonyl (C=O) groups excluding carboxylic acids is 1. The van der Waals surface area contributed by atoms with Crippen molar-refractivity contribution in [1.29, 1.82) is 0 Å². The standard InChI is InChI=1S/C19H28N2O2S/c1-14-11-21(12-15(2)23-14)13-17-6-4-16(5-7-17)10-20-18(22)19(24-3)8-9-19/h4-7,14-15H,8-13H2,1-3H3,(H,20,22). The molecule has 2 aliphatic rings. The van der Waals surface area contributed by atoms with E-state index < -0.39 is 0 Å². The van der Waals surface area contributed by atoms with Gasteiger partial charge in [0, 0.05) is 26.2 Å². The van der Waals surface area contributed by atoms with Crippen molar-refractivity contribution in [3.63, 3.8) is 0 Å². The first kappa shape index (κ1) is 17.8. The van der Waals surface area contributed by atoms with Gasteiger partial charge in [0.15, 0.2) is 0 Å². The highest BCUT2D eigenvalue weighted by atomic mass is 32.2. The Bertz CT molecular complexity index is 561. The van der Waals surface area contributed by atoms with Crippen LogP contribution in [0.1, 0.15) is 37.8 Å². The Morgan fingerprint density at radius 2 is 1.79 bits per heavy atom. The van der Waals surface area contributed by atoms with Crippen LogP contribution in [0, 0.1) is 0 Å². The number of carbonyl (C=O) groups is 1. The number of nitrogens with zero attached hydrogens (tertiary/aromatic N) is 1. The molecule has 1 saturated heterocycles. The van der Waals surface area contributed by atoms with Crippen LogP contribution in [-0.4, -0.2) is 47.1 Å². The van der Waals surface area contributed by atoms with Crippen molar-refractivity contribution >= 4 is 17.7 Å². The zero-order valence-corrected chi connectivity index (χ0v) is 15.7.